The zero-order valence-corrected chi connectivity index (χ0v) is 18.7. The molecule has 140 valence electrons. The fourth-order valence-corrected chi connectivity index (χ4v) is 6.61. The van der Waals surface area contributed by atoms with Crippen LogP contribution in [0.15, 0.2) is 78.9 Å². The van der Waals surface area contributed by atoms with Gasteiger partial charge in [0.25, 0.3) is 0 Å². The molecule has 3 aromatic carbocycles. The van der Waals surface area contributed by atoms with Crippen molar-refractivity contribution in [3.63, 3.8) is 0 Å². The van der Waals surface area contributed by atoms with Crippen LogP contribution in [0.2, 0.25) is 0 Å². The summed E-state index contributed by atoms with van der Waals surface area (Å²) in [6, 6.07) is 29.6. The quantitative estimate of drug-likeness (QED) is 0.468. The summed E-state index contributed by atoms with van der Waals surface area (Å²) in [5.74, 6) is 0. The Morgan fingerprint density at radius 1 is 0.481 bits per heavy atom. The van der Waals surface area contributed by atoms with Crippen molar-refractivity contribution >= 4 is 24.4 Å². The van der Waals surface area contributed by atoms with Crippen LogP contribution < -0.4 is 15.6 Å². The van der Waals surface area contributed by atoms with Crippen molar-refractivity contribution in [1.29, 1.82) is 0 Å². The van der Waals surface area contributed by atoms with Gasteiger partial charge in [0.1, 0.15) is 8.80 Å². The molecule has 0 aliphatic rings. The van der Waals surface area contributed by atoms with Gasteiger partial charge in [-0.05, 0) is 22.0 Å². The molecule has 3 rings (SSSR count). The Morgan fingerprint density at radius 3 is 1.19 bits per heavy atom. The van der Waals surface area contributed by atoms with Crippen LogP contribution in [0.25, 0.3) is 0 Å². The van der Waals surface area contributed by atoms with Crippen LogP contribution >= 0.6 is 0 Å². The average Bonchev–Trinajstić information content (AvgIpc) is 2.62. The summed E-state index contributed by atoms with van der Waals surface area (Å²) in [6.07, 6.45) is 0. The highest BCUT2D eigenvalue weighted by Gasteiger charge is 2.25. The topological polar surface area (TPSA) is 0 Å². The molecule has 1 heteroatoms. The Balaban J connectivity index is 2.26. The molecule has 0 radical (unpaired) electrons. The molecule has 0 unspecified atom stereocenters. The van der Waals surface area contributed by atoms with Crippen LogP contribution in [0.1, 0.15) is 52.7 Å². The van der Waals surface area contributed by atoms with Gasteiger partial charge in [-0.15, -0.1) is 0 Å². The van der Waals surface area contributed by atoms with Gasteiger partial charge in [0, 0.05) is 0 Å². The summed E-state index contributed by atoms with van der Waals surface area (Å²) in [6.45, 7) is 13.9. The largest absolute Gasteiger partial charge is 0.132 e. The summed E-state index contributed by atoms with van der Waals surface area (Å²) in [5, 5.41) is 4.48. The zero-order chi connectivity index (χ0) is 19.7. The van der Waals surface area contributed by atoms with E-state index in [0.29, 0.717) is 0 Å². The Bertz CT molecular complexity index is 809. The maximum absolute atomic E-state index is 2.48. The third kappa shape index (κ3) is 4.59. The van der Waals surface area contributed by atoms with Crippen molar-refractivity contribution < 1.29 is 0 Å². The van der Waals surface area contributed by atoms with Crippen LogP contribution in [0, 0.1) is 0 Å². The van der Waals surface area contributed by atoms with Crippen molar-refractivity contribution in [2.24, 2.45) is 0 Å². The first-order valence-corrected chi connectivity index (χ1v) is 11.7. The minimum atomic E-state index is -1.51. The summed E-state index contributed by atoms with van der Waals surface area (Å²) in [5.41, 5.74) is 3.16. The lowest BCUT2D eigenvalue weighted by Gasteiger charge is -2.28. The molecule has 0 saturated carbocycles. The van der Waals surface area contributed by atoms with E-state index in [4.69, 9.17) is 0 Å². The monoisotopic (exact) mass is 372 g/mol. The van der Waals surface area contributed by atoms with Crippen molar-refractivity contribution in [2.75, 3.05) is 0 Å². The van der Waals surface area contributed by atoms with Gasteiger partial charge in [-0.3, -0.25) is 0 Å². The summed E-state index contributed by atoms with van der Waals surface area (Å²) in [7, 11) is -1.51. The molecule has 0 saturated heterocycles. The molecule has 27 heavy (non-hydrogen) atoms. The van der Waals surface area contributed by atoms with Crippen molar-refractivity contribution in [1.82, 2.24) is 0 Å². The van der Waals surface area contributed by atoms with Gasteiger partial charge in [0.05, 0.1) is 0 Å². The number of hydrogen-bond donors (Lipinski definition) is 0. The van der Waals surface area contributed by atoms with Crippen molar-refractivity contribution in [3.05, 3.63) is 90.0 Å². The number of rotatable bonds is 3. The molecule has 0 fully saturated rings. The Labute approximate surface area is 166 Å². The molecule has 0 nitrogen and oxygen atoms in total. The van der Waals surface area contributed by atoms with Gasteiger partial charge in [-0.25, -0.2) is 0 Å². The minimum absolute atomic E-state index is 0.141. The Morgan fingerprint density at radius 2 is 0.852 bits per heavy atom. The second-order valence-electron chi connectivity index (χ2n) is 9.60. The Hall–Kier alpha value is -2.12. The lowest BCUT2D eigenvalue weighted by atomic mass is 9.81. The molecule has 0 aromatic heterocycles. The van der Waals surface area contributed by atoms with Crippen molar-refractivity contribution in [3.8, 4) is 0 Å². The normalized spacial score (nSPS) is 12.4. The van der Waals surface area contributed by atoms with Crippen LogP contribution in [-0.2, 0) is 10.8 Å². The van der Waals surface area contributed by atoms with Crippen LogP contribution in [0.4, 0.5) is 0 Å². The molecule has 0 aliphatic carbocycles. The highest BCUT2D eigenvalue weighted by molar-refractivity contribution is 6.95. The summed E-state index contributed by atoms with van der Waals surface area (Å²) >= 11 is 0. The molecule has 0 atom stereocenters. The van der Waals surface area contributed by atoms with Crippen molar-refractivity contribution in [2.45, 2.75) is 52.4 Å². The molecule has 0 bridgehead atoms. The number of hydrogen-bond acceptors (Lipinski definition) is 0. The lowest BCUT2D eigenvalue weighted by Crippen LogP contribution is -2.52. The van der Waals surface area contributed by atoms with Gasteiger partial charge >= 0.3 is 0 Å². The predicted molar refractivity (Wildman–Crippen MR) is 123 cm³/mol. The summed E-state index contributed by atoms with van der Waals surface area (Å²) in [4.78, 5) is 0. The highest BCUT2D eigenvalue weighted by Crippen LogP contribution is 2.28. The molecule has 3 aromatic rings. The first-order valence-electron chi connectivity index (χ1n) is 9.92. The van der Waals surface area contributed by atoms with E-state index < -0.39 is 8.80 Å². The zero-order valence-electron chi connectivity index (χ0n) is 17.6. The van der Waals surface area contributed by atoms with Gasteiger partial charge in [-0.2, -0.15) is 0 Å². The minimum Gasteiger partial charge on any atom is -0.0625 e. The average molecular weight is 373 g/mol. The van der Waals surface area contributed by atoms with Gasteiger partial charge in [0.15, 0.2) is 0 Å². The Kier molecular flexibility index (Phi) is 5.44. The van der Waals surface area contributed by atoms with Gasteiger partial charge in [0.2, 0.25) is 0 Å². The third-order valence-corrected chi connectivity index (χ3v) is 8.39. The number of benzene rings is 3. The van der Waals surface area contributed by atoms with Gasteiger partial charge < -0.3 is 0 Å². The lowest BCUT2D eigenvalue weighted by molar-refractivity contribution is 0.569. The van der Waals surface area contributed by atoms with E-state index in [1.807, 2.05) is 0 Å². The maximum atomic E-state index is 2.48. The molecule has 0 aliphatic heterocycles. The SMILES string of the molecule is CC(C)(C)c1cc([SiH](c2ccccc2)c2ccccc2)cc(C(C)(C)C)c1. The van der Waals surface area contributed by atoms with E-state index in [1.165, 1.54) is 26.7 Å². The first kappa shape index (κ1) is 19.6. The summed E-state index contributed by atoms with van der Waals surface area (Å²) < 4.78 is 0. The smallest absolute Gasteiger partial charge is 0.0625 e. The standard InChI is InChI=1S/C26H32Si/c1-25(2,3)20-17-21(26(4,5)6)19-24(18-20)27(22-13-9-7-10-14-22)23-15-11-8-12-16-23/h7-19,27H,1-6H3. The molecule has 0 heterocycles. The van der Waals surface area contributed by atoms with E-state index in [-0.39, 0.29) is 10.8 Å². The maximum Gasteiger partial charge on any atom is 0.132 e. The van der Waals surface area contributed by atoms with Crippen LogP contribution in [-0.4, -0.2) is 8.80 Å². The third-order valence-electron chi connectivity index (χ3n) is 5.29. The second-order valence-corrected chi connectivity index (χ2v) is 12.5. The van der Waals surface area contributed by atoms with E-state index in [0.717, 1.165) is 0 Å². The van der Waals surface area contributed by atoms with E-state index >= 15 is 0 Å². The fourth-order valence-electron chi connectivity index (χ4n) is 3.55. The first-order chi connectivity index (χ1) is 12.7. The van der Waals surface area contributed by atoms with E-state index in [2.05, 4.69) is 120 Å². The highest BCUT2D eigenvalue weighted by atomic mass is 28.3. The molecular formula is C26H32Si. The molecule has 0 amide bonds. The van der Waals surface area contributed by atoms with Crippen LogP contribution in [0.5, 0.6) is 0 Å². The second kappa shape index (κ2) is 7.48. The predicted octanol–water partition coefficient (Wildman–Crippen LogP) is 4.53. The van der Waals surface area contributed by atoms with E-state index in [1.54, 1.807) is 0 Å². The van der Waals surface area contributed by atoms with Crippen LogP contribution in [0.3, 0.4) is 0 Å². The fraction of sp³-hybridized carbons (Fsp3) is 0.308. The molecular weight excluding hydrogens is 340 g/mol. The molecule has 0 N–H and O–H groups in total. The molecule has 0 spiro atoms. The van der Waals surface area contributed by atoms with E-state index in [9.17, 15) is 0 Å². The van der Waals surface area contributed by atoms with Gasteiger partial charge in [-0.1, -0.05) is 136 Å².